The predicted molar refractivity (Wildman–Crippen MR) is 114 cm³/mol. The van der Waals surface area contributed by atoms with Crippen molar-refractivity contribution >= 4 is 34.8 Å². The van der Waals surface area contributed by atoms with E-state index < -0.39 is 11.9 Å². The molecule has 4 rings (SSSR count). The summed E-state index contributed by atoms with van der Waals surface area (Å²) in [6.07, 6.45) is -0.628. The highest BCUT2D eigenvalue weighted by atomic mass is 35.5. The molecule has 0 bridgehead atoms. The van der Waals surface area contributed by atoms with Crippen molar-refractivity contribution in [3.05, 3.63) is 88.7 Å². The van der Waals surface area contributed by atoms with Crippen LogP contribution in [-0.2, 0) is 11.3 Å². The van der Waals surface area contributed by atoms with E-state index >= 15 is 0 Å². The Hall–Kier alpha value is -3.38. The van der Waals surface area contributed by atoms with Crippen molar-refractivity contribution in [1.82, 2.24) is 0 Å². The largest absolute Gasteiger partial charge is 0.479 e. The van der Waals surface area contributed by atoms with Gasteiger partial charge in [-0.1, -0.05) is 23.7 Å². The summed E-state index contributed by atoms with van der Waals surface area (Å²) in [6.45, 7) is 2.01. The highest BCUT2D eigenvalue weighted by molar-refractivity contribution is 6.30. The Labute approximate surface area is 178 Å². The quantitative estimate of drug-likeness (QED) is 0.638. The highest BCUT2D eigenvalue weighted by Gasteiger charge is 2.32. The van der Waals surface area contributed by atoms with Gasteiger partial charge in [-0.2, -0.15) is 0 Å². The summed E-state index contributed by atoms with van der Waals surface area (Å²) in [6, 6.07) is 17.6. The van der Waals surface area contributed by atoms with Crippen LogP contribution in [0.1, 0.15) is 22.8 Å². The van der Waals surface area contributed by atoms with Gasteiger partial charge in [0.2, 0.25) is 0 Å². The zero-order chi connectivity index (χ0) is 21.3. The van der Waals surface area contributed by atoms with E-state index in [1.807, 2.05) is 12.1 Å². The minimum absolute atomic E-state index is 0.190. The lowest BCUT2D eigenvalue weighted by atomic mass is 10.1. The molecule has 2 amide bonds. The lowest BCUT2D eigenvalue weighted by molar-refractivity contribution is -0.125. The van der Waals surface area contributed by atoms with E-state index in [2.05, 4.69) is 5.32 Å². The fourth-order valence-electron chi connectivity index (χ4n) is 3.27. The average molecular weight is 425 g/mol. The molecule has 0 saturated heterocycles. The number of fused-ring (bicyclic) bond motifs is 1. The zero-order valence-electron chi connectivity index (χ0n) is 16.1. The molecule has 1 aliphatic heterocycles. The van der Waals surface area contributed by atoms with Crippen molar-refractivity contribution in [2.24, 2.45) is 0 Å². The van der Waals surface area contributed by atoms with Crippen LogP contribution in [0.3, 0.4) is 0 Å². The second kappa shape index (κ2) is 8.16. The first kappa shape index (κ1) is 19.9. The van der Waals surface area contributed by atoms with E-state index in [1.165, 1.54) is 24.3 Å². The topological polar surface area (TPSA) is 58.6 Å². The molecule has 0 radical (unpaired) electrons. The number of anilines is 2. The van der Waals surface area contributed by atoms with Crippen LogP contribution < -0.4 is 15.0 Å². The van der Waals surface area contributed by atoms with Gasteiger partial charge < -0.3 is 15.0 Å². The molecule has 0 fully saturated rings. The van der Waals surface area contributed by atoms with E-state index in [0.717, 1.165) is 5.56 Å². The molecule has 7 heteroatoms. The van der Waals surface area contributed by atoms with Gasteiger partial charge >= 0.3 is 0 Å². The van der Waals surface area contributed by atoms with Crippen molar-refractivity contribution in [2.75, 3.05) is 10.2 Å². The molecule has 30 heavy (non-hydrogen) atoms. The molecule has 3 aromatic rings. The van der Waals surface area contributed by atoms with Crippen molar-refractivity contribution in [3.8, 4) is 5.75 Å². The molecule has 1 unspecified atom stereocenters. The first-order chi connectivity index (χ1) is 14.4. The lowest BCUT2D eigenvalue weighted by Gasteiger charge is -2.33. The molecule has 1 N–H and O–H groups in total. The van der Waals surface area contributed by atoms with Crippen LogP contribution in [0.4, 0.5) is 15.8 Å². The van der Waals surface area contributed by atoms with Gasteiger partial charge in [0.05, 0.1) is 12.2 Å². The Morgan fingerprint density at radius 1 is 1.13 bits per heavy atom. The molecule has 1 atom stereocenters. The normalized spacial score (nSPS) is 15.4. The van der Waals surface area contributed by atoms with Gasteiger partial charge in [-0.3, -0.25) is 9.59 Å². The molecule has 0 spiro atoms. The van der Waals surface area contributed by atoms with Crippen LogP contribution in [0, 0.1) is 5.82 Å². The van der Waals surface area contributed by atoms with Gasteiger partial charge in [-0.15, -0.1) is 0 Å². The number of halogens is 2. The summed E-state index contributed by atoms with van der Waals surface area (Å²) >= 11 is 6.08. The van der Waals surface area contributed by atoms with Gasteiger partial charge in [-0.05, 0) is 67.1 Å². The third kappa shape index (κ3) is 4.14. The summed E-state index contributed by atoms with van der Waals surface area (Å²) in [4.78, 5) is 26.9. The van der Waals surface area contributed by atoms with E-state index in [4.69, 9.17) is 16.3 Å². The fraction of sp³-hybridized carbons (Fsp3) is 0.130. The zero-order valence-corrected chi connectivity index (χ0v) is 16.8. The first-order valence-electron chi connectivity index (χ1n) is 9.34. The molecule has 0 aliphatic carbocycles. The van der Waals surface area contributed by atoms with Crippen molar-refractivity contribution in [2.45, 2.75) is 19.6 Å². The number of ether oxygens (including phenoxy) is 1. The van der Waals surface area contributed by atoms with Gasteiger partial charge in [0.15, 0.2) is 6.10 Å². The van der Waals surface area contributed by atoms with Gasteiger partial charge in [0.25, 0.3) is 11.8 Å². The van der Waals surface area contributed by atoms with Gasteiger partial charge in [0, 0.05) is 16.3 Å². The summed E-state index contributed by atoms with van der Waals surface area (Å²) in [5, 5.41) is 3.36. The Balaban J connectivity index is 1.63. The summed E-state index contributed by atoms with van der Waals surface area (Å²) in [7, 11) is 0. The van der Waals surface area contributed by atoms with E-state index in [1.54, 1.807) is 42.2 Å². The summed E-state index contributed by atoms with van der Waals surface area (Å²) in [5.41, 5.74) is 2.24. The maximum Gasteiger partial charge on any atom is 0.268 e. The number of nitrogens with zero attached hydrogens (tertiary/aromatic N) is 1. The maximum atomic E-state index is 13.1. The molecular weight excluding hydrogens is 407 g/mol. The predicted octanol–water partition coefficient (Wildman–Crippen LogP) is 5.05. The number of carbonyl (C=O) groups excluding carboxylic acids is 2. The smallest absolute Gasteiger partial charge is 0.268 e. The monoisotopic (exact) mass is 424 g/mol. The van der Waals surface area contributed by atoms with Crippen LogP contribution in [0.25, 0.3) is 0 Å². The Morgan fingerprint density at radius 3 is 2.63 bits per heavy atom. The van der Waals surface area contributed by atoms with Crippen LogP contribution in [0.2, 0.25) is 5.02 Å². The van der Waals surface area contributed by atoms with E-state index in [0.29, 0.717) is 34.3 Å². The molecule has 5 nitrogen and oxygen atoms in total. The summed E-state index contributed by atoms with van der Waals surface area (Å²) in [5.74, 6) is -0.442. The van der Waals surface area contributed by atoms with Crippen LogP contribution in [-0.4, -0.2) is 17.9 Å². The molecule has 1 heterocycles. The molecule has 0 saturated carbocycles. The lowest BCUT2D eigenvalue weighted by Crippen LogP contribution is -2.44. The average Bonchev–Trinajstić information content (AvgIpc) is 2.72. The second-order valence-electron chi connectivity index (χ2n) is 6.96. The minimum atomic E-state index is -0.628. The molecule has 1 aliphatic rings. The number of amides is 2. The summed E-state index contributed by atoms with van der Waals surface area (Å²) < 4.78 is 18.8. The number of benzene rings is 3. The second-order valence-corrected chi connectivity index (χ2v) is 7.39. The minimum Gasteiger partial charge on any atom is -0.479 e. The van der Waals surface area contributed by atoms with Crippen molar-refractivity contribution in [3.63, 3.8) is 0 Å². The number of carbonyl (C=O) groups is 2. The molecule has 0 aromatic heterocycles. The maximum absolute atomic E-state index is 13.1. The van der Waals surface area contributed by atoms with Crippen LogP contribution in [0.15, 0.2) is 66.7 Å². The Morgan fingerprint density at radius 2 is 1.90 bits per heavy atom. The van der Waals surface area contributed by atoms with Crippen molar-refractivity contribution in [1.29, 1.82) is 0 Å². The molecular formula is C23H18ClFN2O3. The van der Waals surface area contributed by atoms with Crippen molar-refractivity contribution < 1.29 is 18.7 Å². The number of hydrogen-bond donors (Lipinski definition) is 1. The van der Waals surface area contributed by atoms with Gasteiger partial charge in [0.1, 0.15) is 11.6 Å². The van der Waals surface area contributed by atoms with Gasteiger partial charge in [-0.25, -0.2) is 4.39 Å². The molecule has 3 aromatic carbocycles. The van der Waals surface area contributed by atoms with Crippen LogP contribution >= 0.6 is 11.6 Å². The number of rotatable bonds is 4. The molecule has 152 valence electrons. The third-order valence-corrected chi connectivity index (χ3v) is 5.00. The Kier molecular flexibility index (Phi) is 5.42. The fourth-order valence-corrected chi connectivity index (χ4v) is 3.48. The standard InChI is InChI=1S/C23H18ClFN2O3/c1-14-23(29)27(13-15-3-2-4-17(24)11-15)20-12-19(9-10-21(20)30-14)26-22(28)16-5-7-18(25)8-6-16/h2-12,14H,13H2,1H3,(H,26,28). The van der Waals surface area contributed by atoms with Crippen LogP contribution in [0.5, 0.6) is 5.75 Å². The highest BCUT2D eigenvalue weighted by Crippen LogP contribution is 2.37. The third-order valence-electron chi connectivity index (χ3n) is 4.76. The number of nitrogens with one attached hydrogen (secondary N) is 1. The SMILES string of the molecule is CC1Oc2ccc(NC(=O)c3ccc(F)cc3)cc2N(Cc2cccc(Cl)c2)C1=O. The van der Waals surface area contributed by atoms with E-state index in [9.17, 15) is 14.0 Å². The Bertz CT molecular complexity index is 1120. The van der Waals surface area contributed by atoms with E-state index in [-0.39, 0.29) is 11.8 Å². The number of hydrogen-bond acceptors (Lipinski definition) is 3. The first-order valence-corrected chi connectivity index (χ1v) is 9.72.